The smallest absolute Gasteiger partial charge is 0.269 e. The molecule has 3 aromatic carbocycles. The molecule has 0 bridgehead atoms. The first-order valence-corrected chi connectivity index (χ1v) is 6.86. The summed E-state index contributed by atoms with van der Waals surface area (Å²) in [6, 6.07) is 17.2. The average Bonchev–Trinajstić information content (AvgIpc) is 2.54. The summed E-state index contributed by atoms with van der Waals surface area (Å²) in [5, 5.41) is 22.9. The number of nitro benzene ring substituents is 1. The minimum atomic E-state index is -0.433. The van der Waals surface area contributed by atoms with Gasteiger partial charge in [-0.25, -0.2) is 0 Å². The number of hydrogen-bond donors (Lipinski definition) is 2. The van der Waals surface area contributed by atoms with Gasteiger partial charge in [0.15, 0.2) is 0 Å². The molecular weight excluding hydrogens is 280 g/mol. The van der Waals surface area contributed by atoms with Crippen molar-refractivity contribution in [3.8, 4) is 5.75 Å². The van der Waals surface area contributed by atoms with Gasteiger partial charge in [-0.05, 0) is 29.0 Å². The molecule has 0 heterocycles. The Hall–Kier alpha value is -2.92. The average molecular weight is 295 g/mol. The molecular formula is C17H15N2O3+. The summed E-state index contributed by atoms with van der Waals surface area (Å²) in [4.78, 5) is 10.3. The zero-order valence-corrected chi connectivity index (χ0v) is 11.8. The molecule has 0 aliphatic rings. The number of benzene rings is 3. The van der Waals surface area contributed by atoms with Gasteiger partial charge >= 0.3 is 0 Å². The van der Waals surface area contributed by atoms with Crippen molar-refractivity contribution >= 4 is 16.5 Å². The fourth-order valence-electron chi connectivity index (χ4n) is 2.65. The van der Waals surface area contributed by atoms with Gasteiger partial charge in [0.1, 0.15) is 11.8 Å². The maximum atomic E-state index is 10.7. The normalized spacial score (nSPS) is 12.2. The Bertz CT molecular complexity index is 844. The lowest BCUT2D eigenvalue weighted by Gasteiger charge is -2.14. The number of non-ortho nitro benzene ring substituents is 1. The molecule has 0 radical (unpaired) electrons. The summed E-state index contributed by atoms with van der Waals surface area (Å²) in [5.41, 5.74) is 5.72. The molecule has 0 spiro atoms. The fourth-order valence-corrected chi connectivity index (χ4v) is 2.65. The van der Waals surface area contributed by atoms with E-state index in [4.69, 9.17) is 0 Å². The number of nitrogens with zero attached hydrogens (tertiary/aromatic N) is 1. The fraction of sp³-hybridized carbons (Fsp3) is 0.0588. The third-order valence-corrected chi connectivity index (χ3v) is 3.80. The van der Waals surface area contributed by atoms with Crippen LogP contribution in [0.1, 0.15) is 17.2 Å². The Morgan fingerprint density at radius 1 is 1.00 bits per heavy atom. The molecule has 110 valence electrons. The quantitative estimate of drug-likeness (QED) is 0.575. The van der Waals surface area contributed by atoms with Crippen LogP contribution in [0.5, 0.6) is 5.75 Å². The van der Waals surface area contributed by atoms with Gasteiger partial charge < -0.3 is 10.8 Å². The molecule has 5 heteroatoms. The van der Waals surface area contributed by atoms with Gasteiger partial charge in [-0.3, -0.25) is 10.1 Å². The number of rotatable bonds is 3. The molecule has 3 aromatic rings. The van der Waals surface area contributed by atoms with E-state index in [1.165, 1.54) is 12.1 Å². The lowest BCUT2D eigenvalue weighted by Crippen LogP contribution is -2.54. The van der Waals surface area contributed by atoms with Gasteiger partial charge in [0.25, 0.3) is 5.69 Å². The first kappa shape index (κ1) is 14.0. The van der Waals surface area contributed by atoms with Gasteiger partial charge in [-0.15, -0.1) is 0 Å². The van der Waals surface area contributed by atoms with Crippen molar-refractivity contribution in [2.24, 2.45) is 0 Å². The third kappa shape index (κ3) is 2.38. The number of nitro groups is 1. The van der Waals surface area contributed by atoms with E-state index in [0.717, 1.165) is 21.9 Å². The molecule has 1 unspecified atom stereocenters. The van der Waals surface area contributed by atoms with Crippen LogP contribution in [0.2, 0.25) is 0 Å². The second kappa shape index (κ2) is 5.46. The van der Waals surface area contributed by atoms with E-state index in [1.54, 1.807) is 18.2 Å². The molecule has 0 fully saturated rings. The standard InChI is InChI=1S/C17H14N2O3/c18-17(12-5-8-13(9-6-12)19(21)22)16-14-4-2-1-3-11(14)7-10-15(16)20/h1-10,17,20H,18H2/p+1. The maximum Gasteiger partial charge on any atom is 0.269 e. The van der Waals surface area contributed by atoms with Crippen molar-refractivity contribution in [3.63, 3.8) is 0 Å². The largest absolute Gasteiger partial charge is 0.507 e. The second-order valence-corrected chi connectivity index (χ2v) is 5.12. The van der Waals surface area contributed by atoms with Crippen LogP contribution in [-0.4, -0.2) is 10.0 Å². The van der Waals surface area contributed by atoms with Gasteiger partial charge in [0, 0.05) is 17.7 Å². The summed E-state index contributed by atoms with van der Waals surface area (Å²) in [5.74, 6) is 0.178. The van der Waals surface area contributed by atoms with Crippen LogP contribution in [-0.2, 0) is 0 Å². The summed E-state index contributed by atoms with van der Waals surface area (Å²) < 4.78 is 0. The van der Waals surface area contributed by atoms with Crippen molar-refractivity contribution in [3.05, 3.63) is 81.9 Å². The summed E-state index contributed by atoms with van der Waals surface area (Å²) >= 11 is 0. The number of phenolic OH excluding ortho intramolecular Hbond substituents is 1. The van der Waals surface area contributed by atoms with E-state index in [-0.39, 0.29) is 17.5 Å². The molecule has 0 amide bonds. The molecule has 1 atom stereocenters. The highest BCUT2D eigenvalue weighted by Crippen LogP contribution is 2.33. The summed E-state index contributed by atoms with van der Waals surface area (Å²) in [6.07, 6.45) is 0. The number of hydrogen-bond acceptors (Lipinski definition) is 3. The van der Waals surface area contributed by atoms with E-state index < -0.39 is 4.92 Å². The molecule has 5 nitrogen and oxygen atoms in total. The SMILES string of the molecule is [NH3+]C(c1ccc([N+](=O)[O-])cc1)c1c(O)ccc2ccccc12. The topological polar surface area (TPSA) is 91.0 Å². The Morgan fingerprint density at radius 3 is 2.36 bits per heavy atom. The van der Waals surface area contributed by atoms with Gasteiger partial charge in [-0.2, -0.15) is 0 Å². The zero-order valence-electron chi connectivity index (χ0n) is 11.8. The number of aromatic hydroxyl groups is 1. The van der Waals surface area contributed by atoms with Crippen LogP contribution < -0.4 is 5.73 Å². The Morgan fingerprint density at radius 2 is 1.68 bits per heavy atom. The Labute approximate surface area is 126 Å². The van der Waals surface area contributed by atoms with Crippen molar-refractivity contribution in [2.45, 2.75) is 6.04 Å². The Kier molecular flexibility index (Phi) is 3.48. The zero-order chi connectivity index (χ0) is 15.7. The Balaban J connectivity index is 2.10. The van der Waals surface area contributed by atoms with E-state index in [1.807, 2.05) is 30.3 Å². The predicted octanol–water partition coefficient (Wildman–Crippen LogP) is 2.78. The predicted molar refractivity (Wildman–Crippen MR) is 83.4 cm³/mol. The molecule has 0 saturated heterocycles. The minimum absolute atomic E-state index is 0.0399. The van der Waals surface area contributed by atoms with Gasteiger partial charge in [0.05, 0.1) is 10.5 Å². The summed E-state index contributed by atoms with van der Waals surface area (Å²) in [6.45, 7) is 0. The van der Waals surface area contributed by atoms with Crippen LogP contribution in [0, 0.1) is 10.1 Å². The van der Waals surface area contributed by atoms with E-state index in [2.05, 4.69) is 5.73 Å². The van der Waals surface area contributed by atoms with Crippen LogP contribution >= 0.6 is 0 Å². The minimum Gasteiger partial charge on any atom is -0.507 e. The molecule has 22 heavy (non-hydrogen) atoms. The summed E-state index contributed by atoms with van der Waals surface area (Å²) in [7, 11) is 0. The van der Waals surface area contributed by atoms with E-state index in [0.29, 0.717) is 0 Å². The van der Waals surface area contributed by atoms with Crippen LogP contribution in [0.3, 0.4) is 0 Å². The van der Waals surface area contributed by atoms with Crippen molar-refractivity contribution in [2.75, 3.05) is 0 Å². The maximum absolute atomic E-state index is 10.7. The van der Waals surface area contributed by atoms with Crippen molar-refractivity contribution in [1.82, 2.24) is 0 Å². The van der Waals surface area contributed by atoms with Crippen molar-refractivity contribution < 1.29 is 15.8 Å². The highest BCUT2D eigenvalue weighted by atomic mass is 16.6. The van der Waals surface area contributed by atoms with Gasteiger partial charge in [0.2, 0.25) is 0 Å². The highest BCUT2D eigenvalue weighted by molar-refractivity contribution is 5.88. The molecule has 0 aliphatic carbocycles. The van der Waals surface area contributed by atoms with E-state index >= 15 is 0 Å². The second-order valence-electron chi connectivity index (χ2n) is 5.12. The van der Waals surface area contributed by atoms with E-state index in [9.17, 15) is 15.2 Å². The first-order valence-electron chi connectivity index (χ1n) is 6.86. The van der Waals surface area contributed by atoms with Crippen molar-refractivity contribution in [1.29, 1.82) is 0 Å². The lowest BCUT2D eigenvalue weighted by atomic mass is 9.93. The molecule has 0 aliphatic heterocycles. The van der Waals surface area contributed by atoms with Crippen LogP contribution in [0.25, 0.3) is 10.8 Å². The monoisotopic (exact) mass is 295 g/mol. The first-order chi connectivity index (χ1) is 10.6. The molecule has 3 rings (SSSR count). The number of fused-ring (bicyclic) bond motifs is 1. The highest BCUT2D eigenvalue weighted by Gasteiger charge is 2.20. The molecule has 0 aromatic heterocycles. The third-order valence-electron chi connectivity index (χ3n) is 3.80. The van der Waals surface area contributed by atoms with Crippen LogP contribution in [0.4, 0.5) is 5.69 Å². The van der Waals surface area contributed by atoms with Gasteiger partial charge in [-0.1, -0.05) is 30.3 Å². The molecule has 0 saturated carbocycles. The number of phenols is 1. The number of quaternary nitrogens is 1. The molecule has 4 N–H and O–H groups in total. The lowest BCUT2D eigenvalue weighted by molar-refractivity contribution is -0.411. The van der Waals surface area contributed by atoms with Crippen LogP contribution in [0.15, 0.2) is 60.7 Å².